The number of urea groups is 1. The van der Waals surface area contributed by atoms with Crippen molar-refractivity contribution >= 4 is 21.7 Å². The molecule has 0 aliphatic carbocycles. The molecule has 19 heavy (non-hydrogen) atoms. The molecule has 0 bridgehead atoms. The first-order valence-electron chi connectivity index (χ1n) is 6.09. The summed E-state index contributed by atoms with van der Waals surface area (Å²) in [6.07, 6.45) is 1.45. The topological polar surface area (TPSA) is 101 Å². The lowest BCUT2D eigenvalue weighted by Gasteiger charge is -2.10. The van der Waals surface area contributed by atoms with Crippen molar-refractivity contribution in [2.45, 2.75) is 31.6 Å². The molecule has 0 radical (unpaired) electrons. The van der Waals surface area contributed by atoms with Crippen LogP contribution in [-0.2, 0) is 16.4 Å². The van der Waals surface area contributed by atoms with Gasteiger partial charge in [-0.3, -0.25) is 0 Å². The third-order valence-electron chi connectivity index (χ3n) is 2.57. The second-order valence-corrected chi connectivity index (χ2v) is 5.76. The highest BCUT2D eigenvalue weighted by atomic mass is 32.2. The van der Waals surface area contributed by atoms with Gasteiger partial charge in [0.25, 0.3) is 10.0 Å². The number of hydrogen-bond acceptors (Lipinski definition) is 4. The second-order valence-electron chi connectivity index (χ2n) is 4.08. The molecular formula is C12H19N3O3S. The van der Waals surface area contributed by atoms with Crippen molar-refractivity contribution in [3.05, 3.63) is 23.8 Å². The number of carbonyl (C=O) groups is 1. The Kier molecular flexibility index (Phi) is 5.17. The number of nitrogens with two attached hydrogens (primary N) is 1. The molecule has 6 nitrogen and oxygen atoms in total. The van der Waals surface area contributed by atoms with Gasteiger partial charge in [-0.1, -0.05) is 19.9 Å². The van der Waals surface area contributed by atoms with Crippen molar-refractivity contribution in [1.82, 2.24) is 10.0 Å². The number of carbonyl (C=O) groups excluding carboxylic acids is 1. The Labute approximate surface area is 113 Å². The maximum absolute atomic E-state index is 11.9. The summed E-state index contributed by atoms with van der Waals surface area (Å²) >= 11 is 0. The van der Waals surface area contributed by atoms with E-state index in [0.717, 1.165) is 18.4 Å². The van der Waals surface area contributed by atoms with Gasteiger partial charge in [0.2, 0.25) is 0 Å². The van der Waals surface area contributed by atoms with E-state index < -0.39 is 16.1 Å². The Balaban J connectivity index is 2.88. The van der Waals surface area contributed by atoms with E-state index >= 15 is 0 Å². The Morgan fingerprint density at radius 3 is 2.53 bits per heavy atom. The van der Waals surface area contributed by atoms with E-state index in [1.54, 1.807) is 6.07 Å². The minimum absolute atomic E-state index is 0.0196. The van der Waals surface area contributed by atoms with E-state index in [4.69, 9.17) is 5.73 Å². The SMILES string of the molecule is CCCNC(=O)NS(=O)(=O)c1ccc(CC)c(N)c1. The molecule has 1 aromatic rings. The average Bonchev–Trinajstić information content (AvgIpc) is 2.35. The molecule has 0 aromatic heterocycles. The van der Waals surface area contributed by atoms with Gasteiger partial charge in [-0.15, -0.1) is 0 Å². The van der Waals surface area contributed by atoms with Gasteiger partial charge in [0.1, 0.15) is 0 Å². The summed E-state index contributed by atoms with van der Waals surface area (Å²) in [5, 5.41) is 2.43. The van der Waals surface area contributed by atoms with E-state index in [-0.39, 0.29) is 4.90 Å². The Morgan fingerprint density at radius 1 is 1.32 bits per heavy atom. The molecule has 0 fully saturated rings. The summed E-state index contributed by atoms with van der Waals surface area (Å²) in [4.78, 5) is 11.3. The molecule has 0 unspecified atom stereocenters. The number of hydrogen-bond donors (Lipinski definition) is 3. The van der Waals surface area contributed by atoms with Crippen LogP contribution in [0.15, 0.2) is 23.1 Å². The summed E-state index contributed by atoms with van der Waals surface area (Å²) in [5.41, 5.74) is 7.02. The second kappa shape index (κ2) is 6.42. The lowest BCUT2D eigenvalue weighted by Crippen LogP contribution is -2.39. The molecule has 0 saturated carbocycles. The Hall–Kier alpha value is -1.76. The molecule has 2 amide bonds. The van der Waals surface area contributed by atoms with Crippen LogP contribution in [0.25, 0.3) is 0 Å². The van der Waals surface area contributed by atoms with Crippen molar-refractivity contribution in [2.75, 3.05) is 12.3 Å². The van der Waals surface area contributed by atoms with Crippen molar-refractivity contribution in [3.8, 4) is 0 Å². The fourth-order valence-corrected chi connectivity index (χ4v) is 2.48. The number of anilines is 1. The molecule has 0 aliphatic heterocycles. The third-order valence-corrected chi connectivity index (χ3v) is 3.90. The molecule has 0 heterocycles. The number of sulfonamides is 1. The van der Waals surface area contributed by atoms with Gasteiger partial charge < -0.3 is 11.1 Å². The lowest BCUT2D eigenvalue weighted by atomic mass is 10.1. The van der Waals surface area contributed by atoms with Gasteiger partial charge in [0.15, 0.2) is 0 Å². The first-order chi connectivity index (χ1) is 8.90. The molecule has 0 aliphatic rings. The molecule has 106 valence electrons. The summed E-state index contributed by atoms with van der Waals surface area (Å²) in [6, 6.07) is 3.70. The van der Waals surface area contributed by atoms with E-state index in [1.165, 1.54) is 12.1 Å². The fourth-order valence-electron chi connectivity index (χ4n) is 1.52. The highest BCUT2D eigenvalue weighted by molar-refractivity contribution is 7.90. The minimum Gasteiger partial charge on any atom is -0.398 e. The van der Waals surface area contributed by atoms with Gasteiger partial charge in [-0.2, -0.15) is 0 Å². The molecule has 4 N–H and O–H groups in total. The van der Waals surface area contributed by atoms with Crippen molar-refractivity contribution < 1.29 is 13.2 Å². The zero-order chi connectivity index (χ0) is 14.5. The maximum atomic E-state index is 11.9. The molecule has 7 heteroatoms. The van der Waals surface area contributed by atoms with Gasteiger partial charge in [-0.05, 0) is 30.5 Å². The van der Waals surface area contributed by atoms with E-state index in [0.29, 0.717) is 12.2 Å². The standard InChI is InChI=1S/C12H19N3O3S/c1-3-7-14-12(16)15-19(17,18)10-6-5-9(4-2)11(13)8-10/h5-6,8H,3-4,7,13H2,1-2H3,(H2,14,15,16). The maximum Gasteiger partial charge on any atom is 0.328 e. The minimum atomic E-state index is -3.88. The highest BCUT2D eigenvalue weighted by Gasteiger charge is 2.18. The molecule has 0 atom stereocenters. The van der Waals surface area contributed by atoms with Gasteiger partial charge >= 0.3 is 6.03 Å². The Bertz CT molecular complexity index is 555. The monoisotopic (exact) mass is 285 g/mol. The molecular weight excluding hydrogens is 266 g/mol. The Morgan fingerprint density at radius 2 is 2.00 bits per heavy atom. The summed E-state index contributed by atoms with van der Waals surface area (Å²) in [6.45, 7) is 4.22. The van der Waals surface area contributed by atoms with E-state index in [9.17, 15) is 13.2 Å². The summed E-state index contributed by atoms with van der Waals surface area (Å²) < 4.78 is 25.8. The molecule has 1 aromatic carbocycles. The predicted molar refractivity (Wildman–Crippen MR) is 74.2 cm³/mol. The molecule has 1 rings (SSSR count). The third kappa shape index (κ3) is 4.13. The van der Waals surface area contributed by atoms with Gasteiger partial charge in [-0.25, -0.2) is 17.9 Å². The lowest BCUT2D eigenvalue weighted by molar-refractivity contribution is 0.246. The summed E-state index contributed by atoms with van der Waals surface area (Å²) in [7, 11) is -3.88. The van der Waals surface area contributed by atoms with Crippen molar-refractivity contribution in [2.24, 2.45) is 0 Å². The van der Waals surface area contributed by atoms with Crippen LogP contribution >= 0.6 is 0 Å². The number of rotatable bonds is 5. The van der Waals surface area contributed by atoms with Crippen LogP contribution in [0.2, 0.25) is 0 Å². The first-order valence-corrected chi connectivity index (χ1v) is 7.58. The first kappa shape index (κ1) is 15.3. The number of nitrogens with one attached hydrogen (secondary N) is 2. The van der Waals surface area contributed by atoms with E-state index in [2.05, 4.69) is 5.32 Å². The number of amides is 2. The van der Waals surface area contributed by atoms with Crippen molar-refractivity contribution in [3.63, 3.8) is 0 Å². The zero-order valence-corrected chi connectivity index (χ0v) is 11.9. The van der Waals surface area contributed by atoms with Crippen LogP contribution in [0.1, 0.15) is 25.8 Å². The van der Waals surface area contributed by atoms with Crippen LogP contribution in [0.4, 0.5) is 10.5 Å². The normalized spacial score (nSPS) is 11.1. The quantitative estimate of drug-likeness (QED) is 0.708. The van der Waals surface area contributed by atoms with Crippen molar-refractivity contribution in [1.29, 1.82) is 0 Å². The summed E-state index contributed by atoms with van der Waals surface area (Å²) in [5.74, 6) is 0. The smallest absolute Gasteiger partial charge is 0.328 e. The highest BCUT2D eigenvalue weighted by Crippen LogP contribution is 2.18. The molecule has 0 spiro atoms. The van der Waals surface area contributed by atoms with Crippen LogP contribution in [0.3, 0.4) is 0 Å². The molecule has 0 saturated heterocycles. The average molecular weight is 285 g/mol. The van der Waals surface area contributed by atoms with Crippen LogP contribution < -0.4 is 15.8 Å². The van der Waals surface area contributed by atoms with E-state index in [1.807, 2.05) is 18.6 Å². The van der Waals surface area contributed by atoms with Crippen LogP contribution in [0.5, 0.6) is 0 Å². The number of aryl methyl sites for hydroxylation is 1. The predicted octanol–water partition coefficient (Wildman–Crippen LogP) is 1.23. The van der Waals surface area contributed by atoms with Crippen LogP contribution in [-0.4, -0.2) is 21.0 Å². The van der Waals surface area contributed by atoms with Gasteiger partial charge in [0.05, 0.1) is 4.90 Å². The number of nitrogen functional groups attached to an aromatic ring is 1. The number of benzene rings is 1. The zero-order valence-electron chi connectivity index (χ0n) is 11.1. The largest absolute Gasteiger partial charge is 0.398 e. The van der Waals surface area contributed by atoms with Crippen LogP contribution in [0, 0.1) is 0 Å². The fraction of sp³-hybridized carbons (Fsp3) is 0.417. The van der Waals surface area contributed by atoms with Gasteiger partial charge in [0, 0.05) is 12.2 Å².